The zero-order chi connectivity index (χ0) is 17.2. The molecule has 2 atom stereocenters. The monoisotopic (exact) mass is 359 g/mol. The lowest BCUT2D eigenvalue weighted by Crippen LogP contribution is -2.56. The number of halogens is 1. The molecule has 2 unspecified atom stereocenters. The van der Waals surface area contributed by atoms with Crippen molar-refractivity contribution in [2.45, 2.75) is 71.4 Å². The summed E-state index contributed by atoms with van der Waals surface area (Å²) in [6.07, 6.45) is 4.87. The SMILES string of the molecule is CC1CCC(N2CC(C(=O)NC(C)(CN)C(C)C)CC2=O)CC1.Cl. The fourth-order valence-electron chi connectivity index (χ4n) is 3.63. The van der Waals surface area contributed by atoms with Crippen LogP contribution < -0.4 is 11.1 Å². The third kappa shape index (κ3) is 4.63. The van der Waals surface area contributed by atoms with Crippen LogP contribution in [0.4, 0.5) is 0 Å². The van der Waals surface area contributed by atoms with Gasteiger partial charge in [0.05, 0.1) is 11.5 Å². The third-order valence-corrected chi connectivity index (χ3v) is 6.06. The van der Waals surface area contributed by atoms with E-state index >= 15 is 0 Å². The second-order valence-electron chi connectivity index (χ2n) is 8.13. The molecular formula is C18H34ClN3O2. The van der Waals surface area contributed by atoms with Crippen LogP contribution >= 0.6 is 12.4 Å². The molecule has 140 valence electrons. The number of likely N-dealkylation sites (tertiary alicyclic amines) is 1. The lowest BCUT2D eigenvalue weighted by Gasteiger charge is -2.35. The highest BCUT2D eigenvalue weighted by atomic mass is 35.5. The minimum Gasteiger partial charge on any atom is -0.349 e. The molecule has 2 amide bonds. The number of carbonyl (C=O) groups is 2. The summed E-state index contributed by atoms with van der Waals surface area (Å²) in [6.45, 7) is 9.35. The van der Waals surface area contributed by atoms with Gasteiger partial charge in [0.2, 0.25) is 11.8 Å². The number of nitrogens with one attached hydrogen (secondary N) is 1. The molecule has 24 heavy (non-hydrogen) atoms. The summed E-state index contributed by atoms with van der Waals surface area (Å²) >= 11 is 0. The zero-order valence-corrected chi connectivity index (χ0v) is 16.3. The van der Waals surface area contributed by atoms with E-state index in [1.165, 1.54) is 12.8 Å². The number of hydrogen-bond donors (Lipinski definition) is 2. The van der Waals surface area contributed by atoms with E-state index in [2.05, 4.69) is 26.1 Å². The maximum Gasteiger partial charge on any atom is 0.225 e. The van der Waals surface area contributed by atoms with Gasteiger partial charge in [-0.05, 0) is 44.4 Å². The summed E-state index contributed by atoms with van der Waals surface area (Å²) in [7, 11) is 0. The number of amides is 2. The van der Waals surface area contributed by atoms with Gasteiger partial charge in [-0.1, -0.05) is 20.8 Å². The van der Waals surface area contributed by atoms with Gasteiger partial charge in [0.25, 0.3) is 0 Å². The number of nitrogens with two attached hydrogens (primary N) is 1. The van der Waals surface area contributed by atoms with Crippen LogP contribution in [0.5, 0.6) is 0 Å². The molecule has 2 fully saturated rings. The van der Waals surface area contributed by atoms with Gasteiger partial charge in [0.1, 0.15) is 0 Å². The second kappa shape index (κ2) is 8.52. The largest absolute Gasteiger partial charge is 0.349 e. The molecule has 0 radical (unpaired) electrons. The maximum atomic E-state index is 12.6. The average molecular weight is 360 g/mol. The van der Waals surface area contributed by atoms with E-state index in [4.69, 9.17) is 5.73 Å². The molecule has 6 heteroatoms. The van der Waals surface area contributed by atoms with Gasteiger partial charge in [-0.25, -0.2) is 0 Å². The summed E-state index contributed by atoms with van der Waals surface area (Å²) in [4.78, 5) is 26.9. The van der Waals surface area contributed by atoms with Crippen molar-refractivity contribution in [2.24, 2.45) is 23.5 Å². The molecule has 1 saturated carbocycles. The number of nitrogens with zero attached hydrogens (tertiary/aromatic N) is 1. The first-order chi connectivity index (χ1) is 10.8. The third-order valence-electron chi connectivity index (χ3n) is 6.06. The highest BCUT2D eigenvalue weighted by molar-refractivity contribution is 5.89. The molecule has 1 heterocycles. The van der Waals surface area contributed by atoms with Crippen molar-refractivity contribution in [3.05, 3.63) is 0 Å². The predicted molar refractivity (Wildman–Crippen MR) is 98.9 cm³/mol. The molecule has 0 aromatic heterocycles. The van der Waals surface area contributed by atoms with Crippen LogP contribution in [0.1, 0.15) is 59.8 Å². The van der Waals surface area contributed by atoms with Crippen molar-refractivity contribution in [1.29, 1.82) is 0 Å². The van der Waals surface area contributed by atoms with E-state index in [1.54, 1.807) is 0 Å². The van der Waals surface area contributed by atoms with Gasteiger partial charge in [0.15, 0.2) is 0 Å². The topological polar surface area (TPSA) is 75.4 Å². The average Bonchev–Trinajstić information content (AvgIpc) is 2.90. The second-order valence-corrected chi connectivity index (χ2v) is 8.13. The van der Waals surface area contributed by atoms with Gasteiger partial charge in [-0.2, -0.15) is 0 Å². The summed E-state index contributed by atoms with van der Waals surface area (Å²) < 4.78 is 0. The van der Waals surface area contributed by atoms with Crippen LogP contribution in [-0.4, -0.2) is 41.4 Å². The van der Waals surface area contributed by atoms with Gasteiger partial charge in [-0.3, -0.25) is 9.59 Å². The van der Waals surface area contributed by atoms with Crippen LogP contribution in [0.25, 0.3) is 0 Å². The molecule has 1 saturated heterocycles. The van der Waals surface area contributed by atoms with E-state index in [9.17, 15) is 9.59 Å². The fraction of sp³-hybridized carbons (Fsp3) is 0.889. The molecular weight excluding hydrogens is 326 g/mol. The van der Waals surface area contributed by atoms with Crippen molar-refractivity contribution in [3.8, 4) is 0 Å². The first-order valence-corrected chi connectivity index (χ1v) is 9.08. The number of hydrogen-bond acceptors (Lipinski definition) is 3. The summed E-state index contributed by atoms with van der Waals surface area (Å²) in [5.74, 6) is 0.908. The Morgan fingerprint density at radius 3 is 2.42 bits per heavy atom. The Hall–Kier alpha value is -0.810. The Kier molecular flexibility index (Phi) is 7.54. The molecule has 2 rings (SSSR count). The zero-order valence-electron chi connectivity index (χ0n) is 15.5. The smallest absolute Gasteiger partial charge is 0.225 e. The van der Waals surface area contributed by atoms with Crippen molar-refractivity contribution in [2.75, 3.05) is 13.1 Å². The highest BCUT2D eigenvalue weighted by Gasteiger charge is 2.40. The van der Waals surface area contributed by atoms with Crippen LogP contribution in [0.15, 0.2) is 0 Å². The Bertz CT molecular complexity index is 450. The van der Waals surface area contributed by atoms with Gasteiger partial charge in [0, 0.05) is 25.6 Å². The highest BCUT2D eigenvalue weighted by Crippen LogP contribution is 2.31. The van der Waals surface area contributed by atoms with Crippen molar-refractivity contribution in [1.82, 2.24) is 10.2 Å². The minimum absolute atomic E-state index is 0. The fourth-order valence-corrected chi connectivity index (χ4v) is 3.63. The van der Waals surface area contributed by atoms with Crippen LogP contribution in [0.2, 0.25) is 0 Å². The Morgan fingerprint density at radius 1 is 1.33 bits per heavy atom. The van der Waals surface area contributed by atoms with Gasteiger partial charge in [-0.15, -0.1) is 12.4 Å². The first-order valence-electron chi connectivity index (χ1n) is 9.08. The summed E-state index contributed by atoms with van der Waals surface area (Å²) in [6, 6.07) is 0.336. The summed E-state index contributed by atoms with van der Waals surface area (Å²) in [5.41, 5.74) is 5.44. The summed E-state index contributed by atoms with van der Waals surface area (Å²) in [5, 5.41) is 3.09. The van der Waals surface area contributed by atoms with E-state index in [-0.39, 0.29) is 36.1 Å². The molecule has 0 aromatic carbocycles. The van der Waals surface area contributed by atoms with Crippen LogP contribution in [0.3, 0.4) is 0 Å². The van der Waals surface area contributed by atoms with Crippen LogP contribution in [0, 0.1) is 17.8 Å². The molecule has 0 aromatic rings. The van der Waals surface area contributed by atoms with E-state index in [1.807, 2.05) is 11.8 Å². The predicted octanol–water partition coefficient (Wildman–Crippen LogP) is 2.32. The molecule has 3 N–H and O–H groups in total. The Balaban J connectivity index is 0.00000288. The van der Waals surface area contributed by atoms with Crippen molar-refractivity contribution in [3.63, 3.8) is 0 Å². The molecule has 1 aliphatic carbocycles. The quantitative estimate of drug-likeness (QED) is 0.791. The number of rotatable bonds is 5. The standard InChI is InChI=1S/C18H33N3O2.ClH/c1-12(2)18(4,11-19)20-17(23)14-9-16(22)21(10-14)15-7-5-13(3)6-8-15;/h12-15H,5-11,19H2,1-4H3,(H,20,23);1H. The molecule has 5 nitrogen and oxygen atoms in total. The molecule has 2 aliphatic rings. The maximum absolute atomic E-state index is 12.6. The first kappa shape index (κ1) is 21.2. The van der Waals surface area contributed by atoms with Crippen molar-refractivity contribution < 1.29 is 9.59 Å². The number of carbonyl (C=O) groups excluding carboxylic acids is 2. The van der Waals surface area contributed by atoms with Gasteiger partial charge < -0.3 is 16.0 Å². The lowest BCUT2D eigenvalue weighted by molar-refractivity contribution is -0.131. The minimum atomic E-state index is -0.409. The molecule has 0 bridgehead atoms. The van der Waals surface area contributed by atoms with Crippen molar-refractivity contribution >= 4 is 24.2 Å². The molecule has 0 spiro atoms. The van der Waals surface area contributed by atoms with E-state index in [0.717, 1.165) is 18.8 Å². The van der Waals surface area contributed by atoms with E-state index in [0.29, 0.717) is 25.6 Å². The van der Waals surface area contributed by atoms with E-state index < -0.39 is 5.54 Å². The lowest BCUT2D eigenvalue weighted by atomic mass is 9.86. The van der Waals surface area contributed by atoms with Crippen LogP contribution in [-0.2, 0) is 9.59 Å². The molecule has 1 aliphatic heterocycles. The Labute approximate surface area is 152 Å². The van der Waals surface area contributed by atoms with Gasteiger partial charge >= 0.3 is 0 Å². The normalized spacial score (nSPS) is 30.0. The Morgan fingerprint density at radius 2 is 1.92 bits per heavy atom.